The van der Waals surface area contributed by atoms with E-state index in [2.05, 4.69) is 10.3 Å². The van der Waals surface area contributed by atoms with Gasteiger partial charge in [0.05, 0.1) is 0 Å². The third-order valence-corrected chi connectivity index (χ3v) is 6.42. The van der Waals surface area contributed by atoms with Crippen LogP contribution < -0.4 is 11.1 Å². The molecule has 34 heavy (non-hydrogen) atoms. The minimum Gasteiger partial charge on any atom is -0.478 e. The average molecular weight is 468 g/mol. The highest BCUT2D eigenvalue weighted by Gasteiger charge is 2.33. The fraction of sp³-hybridized carbons (Fsp3) is 0.417. The Hall–Kier alpha value is -3.82. The maximum absolute atomic E-state index is 12.8. The number of piperidine rings is 1. The summed E-state index contributed by atoms with van der Waals surface area (Å²) in [5, 5.41) is 12.5. The number of carbonyl (C=O) groups is 3. The number of ether oxygens (including phenoxy) is 1. The van der Waals surface area contributed by atoms with E-state index >= 15 is 0 Å². The monoisotopic (exact) mass is 467 g/mol. The Morgan fingerprint density at radius 2 is 2.00 bits per heavy atom. The molecule has 2 aliphatic rings. The molecule has 2 aliphatic heterocycles. The number of carboxylic acid groups (broad SMARTS) is 1. The van der Waals surface area contributed by atoms with Crippen LogP contribution in [0, 0.1) is 6.92 Å². The predicted molar refractivity (Wildman–Crippen MR) is 125 cm³/mol. The number of amides is 3. The van der Waals surface area contributed by atoms with Crippen LogP contribution in [-0.2, 0) is 22.4 Å². The van der Waals surface area contributed by atoms with Crippen molar-refractivity contribution in [2.24, 2.45) is 0 Å². The van der Waals surface area contributed by atoms with E-state index in [4.69, 9.17) is 10.5 Å². The first-order chi connectivity index (χ1) is 16.3. The zero-order valence-electron chi connectivity index (χ0n) is 19.1. The van der Waals surface area contributed by atoms with Crippen molar-refractivity contribution >= 4 is 29.6 Å². The summed E-state index contributed by atoms with van der Waals surface area (Å²) in [6.07, 6.45) is 1.44. The Bertz CT molecular complexity index is 1080. The summed E-state index contributed by atoms with van der Waals surface area (Å²) in [7, 11) is 0. The van der Waals surface area contributed by atoms with Crippen LogP contribution in [0.4, 0.5) is 21.1 Å². The van der Waals surface area contributed by atoms with E-state index in [0.717, 1.165) is 23.2 Å². The first kappa shape index (κ1) is 23.3. The van der Waals surface area contributed by atoms with Gasteiger partial charge >= 0.3 is 18.1 Å². The summed E-state index contributed by atoms with van der Waals surface area (Å²) in [5.74, 6) is -0.851. The summed E-state index contributed by atoms with van der Waals surface area (Å²) in [4.78, 5) is 44.5. The van der Waals surface area contributed by atoms with Gasteiger partial charge in [0.1, 0.15) is 5.82 Å². The van der Waals surface area contributed by atoms with Gasteiger partial charge in [0.25, 0.3) is 0 Å². The number of likely N-dealkylation sites (tertiary alicyclic amines) is 1. The molecule has 1 aromatic heterocycles. The molecule has 2 aromatic rings. The van der Waals surface area contributed by atoms with Crippen LogP contribution in [0.5, 0.6) is 0 Å². The van der Waals surface area contributed by atoms with Crippen LogP contribution in [0.25, 0.3) is 0 Å². The van der Waals surface area contributed by atoms with Gasteiger partial charge in [-0.2, -0.15) is 0 Å². The maximum atomic E-state index is 12.8. The molecule has 0 radical (unpaired) electrons. The number of anilines is 2. The molecule has 0 saturated carbocycles. The van der Waals surface area contributed by atoms with E-state index in [9.17, 15) is 19.5 Å². The lowest BCUT2D eigenvalue weighted by Crippen LogP contribution is -2.50. The average Bonchev–Trinajstić information content (AvgIpc) is 2.99. The van der Waals surface area contributed by atoms with E-state index < -0.39 is 18.2 Å². The molecule has 0 spiro atoms. The topological polar surface area (TPSA) is 138 Å². The number of carbonyl (C=O) groups excluding carboxylic acids is 2. The third-order valence-electron chi connectivity index (χ3n) is 6.42. The van der Waals surface area contributed by atoms with E-state index in [1.54, 1.807) is 13.0 Å². The number of pyridine rings is 1. The molecule has 3 amide bonds. The third kappa shape index (κ3) is 5.22. The van der Waals surface area contributed by atoms with E-state index in [-0.39, 0.29) is 18.5 Å². The number of aromatic nitrogens is 1. The highest BCUT2D eigenvalue weighted by Crippen LogP contribution is 2.25. The van der Waals surface area contributed by atoms with Crippen molar-refractivity contribution in [1.82, 2.24) is 14.8 Å². The molecule has 10 nitrogen and oxygen atoms in total. The van der Waals surface area contributed by atoms with Gasteiger partial charge in [0.15, 0.2) is 0 Å². The molecule has 1 unspecified atom stereocenters. The number of rotatable bonds is 5. The summed E-state index contributed by atoms with van der Waals surface area (Å²) < 4.78 is 5.33. The molecule has 4 rings (SSSR count). The van der Waals surface area contributed by atoms with E-state index in [1.165, 1.54) is 11.1 Å². The van der Waals surface area contributed by atoms with E-state index in [0.29, 0.717) is 43.9 Å². The highest BCUT2D eigenvalue weighted by molar-refractivity contribution is 5.91. The predicted octanol–water partition coefficient (Wildman–Crippen LogP) is 2.66. The summed E-state index contributed by atoms with van der Waals surface area (Å²) in [5.41, 5.74) is 9.01. The number of nitrogens with zero attached hydrogens (tertiary/aromatic N) is 3. The van der Waals surface area contributed by atoms with Gasteiger partial charge in [-0.1, -0.05) is 24.3 Å². The van der Waals surface area contributed by atoms with Gasteiger partial charge in [-0.05, 0) is 48.9 Å². The zero-order valence-corrected chi connectivity index (χ0v) is 19.1. The molecule has 1 atom stereocenters. The van der Waals surface area contributed by atoms with Crippen molar-refractivity contribution in [2.45, 2.75) is 44.8 Å². The number of nitrogens with two attached hydrogens (primary N) is 1. The lowest BCUT2D eigenvalue weighted by molar-refractivity contribution is -0.147. The van der Waals surface area contributed by atoms with Crippen molar-refractivity contribution in [3.63, 3.8) is 0 Å². The first-order valence-corrected chi connectivity index (χ1v) is 11.4. The molecule has 4 N–H and O–H groups in total. The van der Waals surface area contributed by atoms with Crippen LogP contribution in [-0.4, -0.2) is 69.8 Å². The van der Waals surface area contributed by atoms with Crippen molar-refractivity contribution < 1.29 is 24.2 Å². The summed E-state index contributed by atoms with van der Waals surface area (Å²) >= 11 is 0. The molecule has 0 bridgehead atoms. The number of hydrogen-bond acceptors (Lipinski definition) is 6. The summed E-state index contributed by atoms with van der Waals surface area (Å²) in [6.45, 7) is 3.15. The number of aliphatic carboxylic acids is 1. The normalized spacial score (nSPS) is 17.4. The largest absolute Gasteiger partial charge is 0.478 e. The maximum Gasteiger partial charge on any atom is 0.410 e. The second-order valence-corrected chi connectivity index (χ2v) is 8.71. The standard InChI is InChI=1S/C24H29N5O5/c1-15-12-16(14-26-21(15)25)13-20(22(30)31)34-24(33)28-9-7-18(8-10-28)29-11-6-17-4-2-3-5-19(17)27-23(29)32/h2-5,12,14,18,20H,6-11,13H2,1H3,(H2,25,26)(H,27,32)(H,30,31). The Morgan fingerprint density at radius 1 is 1.26 bits per heavy atom. The van der Waals surface area contributed by atoms with Gasteiger partial charge in [0, 0.05) is 44.0 Å². The molecule has 1 saturated heterocycles. The van der Waals surface area contributed by atoms with Gasteiger partial charge in [-0.25, -0.2) is 19.4 Å². The number of urea groups is 1. The van der Waals surface area contributed by atoms with Gasteiger partial charge in [-0.3, -0.25) is 0 Å². The fourth-order valence-electron chi connectivity index (χ4n) is 4.44. The van der Waals surface area contributed by atoms with Crippen LogP contribution in [0.3, 0.4) is 0 Å². The number of aryl methyl sites for hydroxylation is 1. The Balaban J connectivity index is 1.32. The first-order valence-electron chi connectivity index (χ1n) is 11.4. The second kappa shape index (κ2) is 9.98. The number of fused-ring (bicyclic) bond motifs is 1. The Morgan fingerprint density at radius 3 is 2.71 bits per heavy atom. The highest BCUT2D eigenvalue weighted by atomic mass is 16.6. The number of para-hydroxylation sites is 1. The molecule has 1 aromatic carbocycles. The molecular formula is C24H29N5O5. The quantitative estimate of drug-likeness (QED) is 0.614. The second-order valence-electron chi connectivity index (χ2n) is 8.71. The van der Waals surface area contributed by atoms with Gasteiger partial charge < -0.3 is 30.7 Å². The van der Waals surface area contributed by atoms with Crippen LogP contribution in [0.1, 0.15) is 29.5 Å². The number of benzene rings is 1. The Labute approximate surface area is 197 Å². The van der Waals surface area contributed by atoms with Gasteiger partial charge in [-0.15, -0.1) is 0 Å². The number of nitrogens with one attached hydrogen (secondary N) is 1. The van der Waals surface area contributed by atoms with Crippen molar-refractivity contribution in [3.05, 3.63) is 53.2 Å². The van der Waals surface area contributed by atoms with Crippen molar-refractivity contribution in [1.29, 1.82) is 0 Å². The fourth-order valence-corrected chi connectivity index (χ4v) is 4.44. The molecule has 0 aliphatic carbocycles. The van der Waals surface area contributed by atoms with Crippen molar-refractivity contribution in [2.75, 3.05) is 30.7 Å². The lowest BCUT2D eigenvalue weighted by Gasteiger charge is -2.37. The number of hydrogen-bond donors (Lipinski definition) is 3. The van der Waals surface area contributed by atoms with Crippen LogP contribution in [0.2, 0.25) is 0 Å². The molecule has 180 valence electrons. The van der Waals surface area contributed by atoms with Gasteiger partial charge in [0.2, 0.25) is 6.10 Å². The molecule has 3 heterocycles. The molecule has 1 fully saturated rings. The minimum absolute atomic E-state index is 0.000165. The van der Waals surface area contributed by atoms with E-state index in [1.807, 2.05) is 29.2 Å². The minimum atomic E-state index is -1.33. The molecular weight excluding hydrogens is 438 g/mol. The Kier molecular flexibility index (Phi) is 6.85. The zero-order chi connectivity index (χ0) is 24.2. The van der Waals surface area contributed by atoms with Crippen molar-refractivity contribution in [3.8, 4) is 0 Å². The molecule has 10 heteroatoms. The number of carboxylic acids is 1. The lowest BCUT2D eigenvalue weighted by atomic mass is 10.0. The smallest absolute Gasteiger partial charge is 0.410 e. The van der Waals surface area contributed by atoms with Crippen LogP contribution >= 0.6 is 0 Å². The SMILES string of the molecule is Cc1cc(CC(OC(=O)N2CCC(N3CCc4ccccc4NC3=O)CC2)C(=O)O)cnc1N. The summed E-state index contributed by atoms with van der Waals surface area (Å²) in [6, 6.07) is 9.37. The number of nitrogen functional groups attached to an aromatic ring is 1. The van der Waals surface area contributed by atoms with Crippen LogP contribution in [0.15, 0.2) is 36.5 Å².